The van der Waals surface area contributed by atoms with Crippen molar-refractivity contribution in [3.05, 3.63) is 42.2 Å². The lowest BCUT2D eigenvalue weighted by Gasteiger charge is -2.20. The molecule has 0 spiro atoms. The number of nitrogens with one attached hydrogen (secondary N) is 1. The minimum absolute atomic E-state index is 0.255. The van der Waals surface area contributed by atoms with Crippen molar-refractivity contribution >= 4 is 10.8 Å². The molecule has 0 radical (unpaired) electrons. The molecule has 0 amide bonds. The third kappa shape index (κ3) is 3.78. The summed E-state index contributed by atoms with van der Waals surface area (Å²) in [7, 11) is 0. The number of nitrogens with zero attached hydrogens (tertiary/aromatic N) is 1. The van der Waals surface area contributed by atoms with Gasteiger partial charge in [-0.3, -0.25) is 4.98 Å². The largest absolute Gasteiger partial charge is 0.392 e. The minimum Gasteiger partial charge on any atom is -0.392 e. The van der Waals surface area contributed by atoms with E-state index >= 15 is 0 Å². The van der Waals surface area contributed by atoms with Crippen LogP contribution in [0.25, 0.3) is 10.8 Å². The first-order valence-corrected chi connectivity index (χ1v) is 7.46. The fourth-order valence-corrected chi connectivity index (χ4v) is 2.61. The van der Waals surface area contributed by atoms with Crippen molar-refractivity contribution in [1.82, 2.24) is 10.3 Å². The molecule has 0 aliphatic rings. The van der Waals surface area contributed by atoms with Crippen LogP contribution in [0.2, 0.25) is 0 Å². The van der Waals surface area contributed by atoms with Gasteiger partial charge in [-0.1, -0.05) is 38.8 Å². The summed E-state index contributed by atoms with van der Waals surface area (Å²) in [5, 5.41) is 15.8. The summed E-state index contributed by atoms with van der Waals surface area (Å²) in [6, 6.07) is 8.41. The SMILES string of the molecule is CCC(CC)C(O)CNCc1ccc2cnccc2c1. The average Bonchev–Trinajstić information content (AvgIpc) is 2.48. The number of aliphatic hydroxyl groups is 1. The van der Waals surface area contributed by atoms with Crippen LogP contribution in [0.15, 0.2) is 36.7 Å². The predicted octanol–water partition coefficient (Wildman–Crippen LogP) is 3.12. The summed E-state index contributed by atoms with van der Waals surface area (Å²) < 4.78 is 0. The average molecular weight is 272 g/mol. The van der Waals surface area contributed by atoms with Gasteiger partial charge in [-0.2, -0.15) is 0 Å². The number of aliphatic hydroxyl groups excluding tert-OH is 1. The Morgan fingerprint density at radius 1 is 1.15 bits per heavy atom. The van der Waals surface area contributed by atoms with Crippen LogP contribution in [-0.2, 0) is 6.54 Å². The maximum Gasteiger partial charge on any atom is 0.0692 e. The maximum atomic E-state index is 10.1. The summed E-state index contributed by atoms with van der Waals surface area (Å²) in [5.74, 6) is 0.394. The topological polar surface area (TPSA) is 45.1 Å². The van der Waals surface area contributed by atoms with Crippen LogP contribution in [-0.4, -0.2) is 22.7 Å². The molecule has 0 saturated heterocycles. The molecule has 3 heteroatoms. The molecule has 1 aromatic carbocycles. The van der Waals surface area contributed by atoms with E-state index in [1.54, 1.807) is 0 Å². The maximum absolute atomic E-state index is 10.1. The molecule has 2 N–H and O–H groups in total. The number of benzene rings is 1. The molecule has 2 aromatic rings. The number of aromatic nitrogens is 1. The molecule has 1 aromatic heterocycles. The number of hydrogen-bond donors (Lipinski definition) is 2. The Hall–Kier alpha value is -1.45. The van der Waals surface area contributed by atoms with Gasteiger partial charge in [0.25, 0.3) is 0 Å². The first kappa shape index (κ1) is 14.9. The predicted molar refractivity (Wildman–Crippen MR) is 83.5 cm³/mol. The Balaban J connectivity index is 1.89. The first-order valence-electron chi connectivity index (χ1n) is 7.46. The zero-order chi connectivity index (χ0) is 14.4. The number of hydrogen-bond acceptors (Lipinski definition) is 3. The van der Waals surface area contributed by atoms with Gasteiger partial charge in [-0.25, -0.2) is 0 Å². The van der Waals surface area contributed by atoms with Gasteiger partial charge < -0.3 is 10.4 Å². The molecule has 0 saturated carbocycles. The van der Waals surface area contributed by atoms with Crippen LogP contribution in [0.5, 0.6) is 0 Å². The second-order valence-corrected chi connectivity index (χ2v) is 5.33. The molecule has 1 unspecified atom stereocenters. The third-order valence-electron chi connectivity index (χ3n) is 3.98. The summed E-state index contributed by atoms with van der Waals surface area (Å²) in [6.45, 7) is 5.71. The molecule has 0 aliphatic carbocycles. The molecular formula is C17H24N2O. The van der Waals surface area contributed by atoms with Gasteiger partial charge in [0.2, 0.25) is 0 Å². The van der Waals surface area contributed by atoms with E-state index in [9.17, 15) is 5.11 Å². The van der Waals surface area contributed by atoms with Crippen molar-refractivity contribution in [2.45, 2.75) is 39.3 Å². The quantitative estimate of drug-likeness (QED) is 0.814. The summed E-state index contributed by atoms with van der Waals surface area (Å²) in [5.41, 5.74) is 1.24. The lowest BCUT2D eigenvalue weighted by molar-refractivity contribution is 0.101. The molecule has 1 heterocycles. The van der Waals surface area contributed by atoms with E-state index in [1.165, 1.54) is 10.9 Å². The van der Waals surface area contributed by atoms with Crippen molar-refractivity contribution in [1.29, 1.82) is 0 Å². The molecule has 108 valence electrons. The van der Waals surface area contributed by atoms with E-state index in [-0.39, 0.29) is 6.10 Å². The van der Waals surface area contributed by atoms with Gasteiger partial charge in [0, 0.05) is 30.9 Å². The standard InChI is InChI=1S/C17H24N2O/c1-3-14(4-2)17(20)12-19-10-13-5-6-16-11-18-8-7-15(16)9-13/h5-9,11,14,17,19-20H,3-4,10,12H2,1-2H3. The fourth-order valence-electron chi connectivity index (χ4n) is 2.61. The molecular weight excluding hydrogens is 248 g/mol. The first-order chi connectivity index (χ1) is 9.74. The summed E-state index contributed by atoms with van der Waals surface area (Å²) >= 11 is 0. The van der Waals surface area contributed by atoms with Crippen LogP contribution in [0.1, 0.15) is 32.3 Å². The van der Waals surface area contributed by atoms with Gasteiger partial charge in [0.15, 0.2) is 0 Å². The van der Waals surface area contributed by atoms with Crippen molar-refractivity contribution in [2.24, 2.45) is 5.92 Å². The molecule has 3 nitrogen and oxygen atoms in total. The Morgan fingerprint density at radius 2 is 1.95 bits per heavy atom. The Labute approximate surface area is 121 Å². The van der Waals surface area contributed by atoms with Crippen LogP contribution >= 0.6 is 0 Å². The zero-order valence-electron chi connectivity index (χ0n) is 12.3. The molecule has 1 atom stereocenters. The van der Waals surface area contributed by atoms with E-state index in [0.29, 0.717) is 12.5 Å². The van der Waals surface area contributed by atoms with Crippen molar-refractivity contribution < 1.29 is 5.11 Å². The smallest absolute Gasteiger partial charge is 0.0692 e. The third-order valence-corrected chi connectivity index (χ3v) is 3.98. The molecule has 20 heavy (non-hydrogen) atoms. The van der Waals surface area contributed by atoms with Crippen LogP contribution in [0, 0.1) is 5.92 Å². The molecule has 0 fully saturated rings. The van der Waals surface area contributed by atoms with Crippen LogP contribution in [0.4, 0.5) is 0 Å². The Bertz CT molecular complexity index is 537. The fraction of sp³-hybridized carbons (Fsp3) is 0.471. The Kier molecular flexibility index (Phi) is 5.50. The van der Waals surface area contributed by atoms with Gasteiger partial charge in [-0.05, 0) is 29.0 Å². The number of rotatable bonds is 7. The van der Waals surface area contributed by atoms with Gasteiger partial charge in [0.1, 0.15) is 0 Å². The highest BCUT2D eigenvalue weighted by atomic mass is 16.3. The summed E-state index contributed by atoms with van der Waals surface area (Å²) in [6.07, 6.45) is 5.50. The molecule has 0 bridgehead atoms. The van der Waals surface area contributed by atoms with Crippen LogP contribution in [0.3, 0.4) is 0 Å². The highest BCUT2D eigenvalue weighted by Gasteiger charge is 2.14. The van der Waals surface area contributed by atoms with E-state index in [2.05, 4.69) is 42.3 Å². The van der Waals surface area contributed by atoms with Gasteiger partial charge in [-0.15, -0.1) is 0 Å². The lowest BCUT2D eigenvalue weighted by atomic mass is 9.96. The second kappa shape index (κ2) is 7.36. The van der Waals surface area contributed by atoms with E-state index < -0.39 is 0 Å². The highest BCUT2D eigenvalue weighted by molar-refractivity contribution is 5.81. The monoisotopic (exact) mass is 272 g/mol. The molecule has 0 aliphatic heterocycles. The van der Waals surface area contributed by atoms with E-state index in [0.717, 1.165) is 24.8 Å². The van der Waals surface area contributed by atoms with Crippen molar-refractivity contribution in [3.8, 4) is 0 Å². The van der Waals surface area contributed by atoms with Crippen LogP contribution < -0.4 is 5.32 Å². The van der Waals surface area contributed by atoms with E-state index in [4.69, 9.17) is 0 Å². The van der Waals surface area contributed by atoms with E-state index in [1.807, 2.05) is 18.5 Å². The number of fused-ring (bicyclic) bond motifs is 1. The van der Waals surface area contributed by atoms with Crippen molar-refractivity contribution in [3.63, 3.8) is 0 Å². The summed E-state index contributed by atoms with van der Waals surface area (Å²) in [4.78, 5) is 4.12. The Morgan fingerprint density at radius 3 is 2.70 bits per heavy atom. The van der Waals surface area contributed by atoms with Gasteiger partial charge in [0.05, 0.1) is 6.10 Å². The zero-order valence-corrected chi connectivity index (χ0v) is 12.3. The normalized spacial score (nSPS) is 13.0. The molecule has 2 rings (SSSR count). The second-order valence-electron chi connectivity index (χ2n) is 5.33. The minimum atomic E-state index is -0.255. The highest BCUT2D eigenvalue weighted by Crippen LogP contribution is 2.15. The lowest BCUT2D eigenvalue weighted by Crippen LogP contribution is -2.32. The van der Waals surface area contributed by atoms with Crippen molar-refractivity contribution in [2.75, 3.05) is 6.54 Å². The number of pyridine rings is 1. The van der Waals surface area contributed by atoms with Gasteiger partial charge >= 0.3 is 0 Å².